The van der Waals surface area contributed by atoms with Crippen molar-refractivity contribution in [3.8, 4) is 5.88 Å². The third-order valence-electron chi connectivity index (χ3n) is 7.84. The Kier molecular flexibility index (Phi) is 7.43. The van der Waals surface area contributed by atoms with Crippen molar-refractivity contribution in [1.29, 1.82) is 0 Å². The van der Waals surface area contributed by atoms with Gasteiger partial charge in [0.1, 0.15) is 24.0 Å². The molecule has 6 rings (SSSR count). The number of imidazole rings is 1. The van der Waals surface area contributed by atoms with E-state index in [9.17, 15) is 9.59 Å². The normalized spacial score (nSPS) is 19.4. The van der Waals surface area contributed by atoms with Crippen LogP contribution in [0, 0.1) is 0 Å². The highest BCUT2D eigenvalue weighted by atomic mass is 16.5. The summed E-state index contributed by atoms with van der Waals surface area (Å²) in [7, 11) is 4.98. The van der Waals surface area contributed by atoms with Crippen LogP contribution in [0.15, 0.2) is 35.4 Å². The number of rotatable bonds is 7. The van der Waals surface area contributed by atoms with E-state index < -0.39 is 0 Å². The summed E-state index contributed by atoms with van der Waals surface area (Å²) < 4.78 is 14.9. The average Bonchev–Trinajstić information content (AvgIpc) is 3.22. The molecule has 1 saturated carbocycles. The van der Waals surface area contributed by atoms with E-state index in [1.807, 2.05) is 18.2 Å². The highest BCUT2D eigenvalue weighted by Gasteiger charge is 2.26. The first kappa shape index (κ1) is 26.9. The lowest BCUT2D eigenvalue weighted by molar-refractivity contribution is -0.129. The lowest BCUT2D eigenvalue weighted by Crippen LogP contribution is -2.37. The smallest absolute Gasteiger partial charge is 0.330 e. The number of pyridine rings is 2. The molecule has 216 valence electrons. The fourth-order valence-corrected chi connectivity index (χ4v) is 5.42. The van der Waals surface area contributed by atoms with Crippen LogP contribution >= 0.6 is 0 Å². The minimum atomic E-state index is -0.298. The molecule has 0 unspecified atom stereocenters. The molecular weight excluding hydrogens is 526 g/mol. The zero-order chi connectivity index (χ0) is 28.5. The van der Waals surface area contributed by atoms with E-state index in [0.29, 0.717) is 36.2 Å². The zero-order valence-corrected chi connectivity index (χ0v) is 23.6. The first-order chi connectivity index (χ1) is 19.9. The minimum absolute atomic E-state index is 0.0383. The van der Waals surface area contributed by atoms with E-state index in [1.54, 1.807) is 33.5 Å². The van der Waals surface area contributed by atoms with Gasteiger partial charge in [0.05, 0.1) is 30.3 Å². The number of ether oxygens (including phenoxy) is 2. The number of aryl methyl sites for hydroxylation is 1. The van der Waals surface area contributed by atoms with Gasteiger partial charge in [-0.15, -0.1) is 0 Å². The molecule has 13 nitrogen and oxygen atoms in total. The first-order valence-electron chi connectivity index (χ1n) is 14.0. The van der Waals surface area contributed by atoms with Crippen molar-refractivity contribution in [2.75, 3.05) is 50.6 Å². The van der Waals surface area contributed by atoms with Gasteiger partial charge in [0.2, 0.25) is 17.7 Å². The van der Waals surface area contributed by atoms with Gasteiger partial charge in [0.25, 0.3) is 0 Å². The molecule has 2 fully saturated rings. The molecule has 0 atom stereocenters. The van der Waals surface area contributed by atoms with Gasteiger partial charge in [-0.05, 0) is 37.8 Å². The molecule has 2 aliphatic rings. The van der Waals surface area contributed by atoms with Crippen molar-refractivity contribution in [2.24, 2.45) is 7.05 Å². The predicted molar refractivity (Wildman–Crippen MR) is 154 cm³/mol. The molecule has 0 spiro atoms. The van der Waals surface area contributed by atoms with Crippen LogP contribution in [0.1, 0.15) is 25.7 Å². The number of nitrogens with one attached hydrogen (secondary N) is 1. The number of likely N-dealkylation sites (N-methyl/N-ethyl adjacent to an activating group) is 1. The molecule has 0 radical (unpaired) electrons. The summed E-state index contributed by atoms with van der Waals surface area (Å²) in [5.41, 5.74) is 1.59. The second kappa shape index (κ2) is 11.3. The van der Waals surface area contributed by atoms with Crippen LogP contribution in [-0.4, -0.2) is 92.4 Å². The number of fused-ring (bicyclic) bond motifs is 2. The van der Waals surface area contributed by atoms with Crippen molar-refractivity contribution < 1.29 is 14.3 Å². The number of carbonyl (C=O) groups is 1. The average molecular weight is 562 g/mol. The fourth-order valence-electron chi connectivity index (χ4n) is 5.42. The predicted octanol–water partition coefficient (Wildman–Crippen LogP) is 1.80. The molecule has 1 aliphatic carbocycles. The van der Waals surface area contributed by atoms with Crippen molar-refractivity contribution in [3.05, 3.63) is 41.1 Å². The van der Waals surface area contributed by atoms with Gasteiger partial charge in [0.15, 0.2) is 5.65 Å². The number of hydrogen-bond donors (Lipinski definition) is 1. The van der Waals surface area contributed by atoms with Gasteiger partial charge in [-0.1, -0.05) is 0 Å². The lowest BCUT2D eigenvalue weighted by Gasteiger charge is -2.31. The van der Waals surface area contributed by atoms with E-state index in [4.69, 9.17) is 14.5 Å². The van der Waals surface area contributed by atoms with Crippen LogP contribution in [0.3, 0.4) is 0 Å². The van der Waals surface area contributed by atoms with Crippen molar-refractivity contribution in [3.63, 3.8) is 0 Å². The Morgan fingerprint density at radius 1 is 1.15 bits per heavy atom. The summed E-state index contributed by atoms with van der Waals surface area (Å²) in [6.45, 7) is 2.90. The molecule has 0 aromatic carbocycles. The van der Waals surface area contributed by atoms with Gasteiger partial charge in [-0.3, -0.25) is 18.9 Å². The van der Waals surface area contributed by atoms with Crippen molar-refractivity contribution in [2.45, 2.75) is 44.4 Å². The number of carbonyl (C=O) groups excluding carboxylic acids is 1. The molecule has 1 N–H and O–H groups in total. The summed E-state index contributed by atoms with van der Waals surface area (Å²) >= 11 is 0. The number of hydrogen-bond acceptors (Lipinski definition) is 10. The Hall–Kier alpha value is -4.26. The molecule has 5 heterocycles. The number of aromatic nitrogens is 6. The lowest BCUT2D eigenvalue weighted by atomic mass is 9.93. The molecule has 0 bridgehead atoms. The largest absolute Gasteiger partial charge is 0.474 e. The second-order valence-electron chi connectivity index (χ2n) is 10.8. The van der Waals surface area contributed by atoms with Crippen LogP contribution in [-0.2, 0) is 23.1 Å². The summed E-state index contributed by atoms with van der Waals surface area (Å²) in [5, 5.41) is 4.35. The SMILES string of the molecule is CN(C)C(=O)Cn1c(=O)n(C)c2nc(N[C@H]3CC[C@@H](Oc4nc(N5CCOCC5)cc5ncccc45)CC3)ncc21. The summed E-state index contributed by atoms with van der Waals surface area (Å²) in [5.74, 6) is 1.78. The molecule has 13 heteroatoms. The Labute approximate surface area is 237 Å². The summed E-state index contributed by atoms with van der Waals surface area (Å²) in [4.78, 5) is 47.2. The fraction of sp³-hybridized carbons (Fsp3) is 0.500. The van der Waals surface area contributed by atoms with Crippen LogP contribution in [0.4, 0.5) is 11.8 Å². The van der Waals surface area contributed by atoms with Crippen LogP contribution in [0.2, 0.25) is 0 Å². The quantitative estimate of drug-likeness (QED) is 0.356. The summed E-state index contributed by atoms with van der Waals surface area (Å²) in [6.07, 6.45) is 6.90. The molecule has 4 aromatic heterocycles. The maximum absolute atomic E-state index is 12.8. The Morgan fingerprint density at radius 3 is 2.68 bits per heavy atom. The topological polar surface area (TPSA) is 133 Å². The molecule has 1 amide bonds. The zero-order valence-electron chi connectivity index (χ0n) is 23.6. The second-order valence-corrected chi connectivity index (χ2v) is 10.8. The van der Waals surface area contributed by atoms with Gasteiger partial charge in [0, 0.05) is 52.5 Å². The molecule has 4 aromatic rings. The summed E-state index contributed by atoms with van der Waals surface area (Å²) in [6, 6.07) is 6.11. The maximum Gasteiger partial charge on any atom is 0.330 e. The first-order valence-corrected chi connectivity index (χ1v) is 14.0. The van der Waals surface area contributed by atoms with Crippen molar-refractivity contribution >= 4 is 39.7 Å². The van der Waals surface area contributed by atoms with E-state index in [0.717, 1.165) is 55.5 Å². The highest BCUT2D eigenvalue weighted by Crippen LogP contribution is 2.31. The Morgan fingerprint density at radius 2 is 1.93 bits per heavy atom. The highest BCUT2D eigenvalue weighted by molar-refractivity contribution is 5.85. The van der Waals surface area contributed by atoms with Gasteiger partial charge in [-0.25, -0.2) is 9.78 Å². The van der Waals surface area contributed by atoms with E-state index in [2.05, 4.69) is 25.2 Å². The van der Waals surface area contributed by atoms with Crippen LogP contribution in [0.5, 0.6) is 5.88 Å². The third-order valence-corrected chi connectivity index (χ3v) is 7.84. The molecular formula is C28H35N9O4. The molecule has 41 heavy (non-hydrogen) atoms. The van der Waals surface area contributed by atoms with E-state index >= 15 is 0 Å². The minimum Gasteiger partial charge on any atom is -0.474 e. The van der Waals surface area contributed by atoms with Crippen molar-refractivity contribution in [1.82, 2.24) is 34.0 Å². The number of amides is 1. The monoisotopic (exact) mass is 561 g/mol. The van der Waals surface area contributed by atoms with Crippen LogP contribution in [0.25, 0.3) is 22.1 Å². The van der Waals surface area contributed by atoms with Crippen LogP contribution < -0.4 is 20.6 Å². The maximum atomic E-state index is 12.8. The van der Waals surface area contributed by atoms with Gasteiger partial charge >= 0.3 is 5.69 Å². The molecule has 1 saturated heterocycles. The van der Waals surface area contributed by atoms with E-state index in [-0.39, 0.29) is 30.3 Å². The Bertz CT molecular complexity index is 1620. The van der Waals surface area contributed by atoms with Gasteiger partial charge < -0.3 is 24.6 Å². The number of anilines is 2. The number of morpholine rings is 1. The third kappa shape index (κ3) is 5.53. The molecule has 1 aliphatic heterocycles. The van der Waals surface area contributed by atoms with E-state index in [1.165, 1.54) is 14.0 Å². The Balaban J connectivity index is 1.13. The standard InChI is InChI=1S/C28H35N9O4/c1-34(2)24(38)17-37-22-16-30-27(33-25(22)35(3)28(37)39)31-18-6-8-19(9-7-18)41-26-20-5-4-10-29-21(20)15-23(32-26)36-11-13-40-14-12-36/h4-5,10,15-16,18-19H,6-9,11-14,17H2,1-3H3,(H,30,31,33)/t18-,19+. The number of nitrogens with zero attached hydrogens (tertiary/aromatic N) is 8. The van der Waals surface area contributed by atoms with Gasteiger partial charge in [-0.2, -0.15) is 9.97 Å².